The molecule has 1 fully saturated rings. The average molecular weight is 367 g/mol. The van der Waals surface area contributed by atoms with Crippen molar-refractivity contribution in [2.45, 2.75) is 26.9 Å². The minimum Gasteiger partial charge on any atom is -0.481 e. The first-order valence-corrected chi connectivity index (χ1v) is 9.50. The van der Waals surface area contributed by atoms with Crippen molar-refractivity contribution >= 4 is 17.3 Å². The first kappa shape index (κ1) is 19.2. The van der Waals surface area contributed by atoms with Gasteiger partial charge >= 0.3 is 0 Å². The molecular weight excluding hydrogens is 338 g/mol. The number of ether oxygens (including phenoxy) is 1. The van der Waals surface area contributed by atoms with Crippen LogP contribution in [0, 0.1) is 13.8 Å². The van der Waals surface area contributed by atoms with Crippen molar-refractivity contribution in [2.75, 3.05) is 43.4 Å². The van der Waals surface area contributed by atoms with E-state index in [-0.39, 0.29) is 5.91 Å². The van der Waals surface area contributed by atoms with Crippen LogP contribution in [0.4, 0.5) is 11.4 Å². The molecular formula is C22H29N3O2. The SMILES string of the molecule is Cc1cc(C)cc(O[C@@H](C)C(=O)Nc2ccc(N3CCN(C)CC3)cc2)c1. The Morgan fingerprint density at radius 1 is 1.00 bits per heavy atom. The monoisotopic (exact) mass is 367 g/mol. The Hall–Kier alpha value is -2.53. The highest BCUT2D eigenvalue weighted by molar-refractivity contribution is 5.94. The van der Waals surface area contributed by atoms with Gasteiger partial charge in [-0.2, -0.15) is 0 Å². The van der Waals surface area contributed by atoms with Crippen molar-refractivity contribution in [3.63, 3.8) is 0 Å². The van der Waals surface area contributed by atoms with E-state index in [4.69, 9.17) is 4.74 Å². The van der Waals surface area contributed by atoms with Gasteiger partial charge in [0.2, 0.25) is 0 Å². The summed E-state index contributed by atoms with van der Waals surface area (Å²) < 4.78 is 5.81. The maximum Gasteiger partial charge on any atom is 0.265 e. The van der Waals surface area contributed by atoms with Crippen LogP contribution in [-0.4, -0.2) is 50.1 Å². The maximum atomic E-state index is 12.5. The van der Waals surface area contributed by atoms with Crippen molar-refractivity contribution in [1.82, 2.24) is 4.90 Å². The van der Waals surface area contributed by atoms with E-state index in [1.165, 1.54) is 5.69 Å². The van der Waals surface area contributed by atoms with Gasteiger partial charge in [0.05, 0.1) is 0 Å². The molecule has 0 spiro atoms. The summed E-state index contributed by atoms with van der Waals surface area (Å²) in [6.07, 6.45) is -0.566. The number of benzene rings is 2. The molecule has 144 valence electrons. The predicted octanol–water partition coefficient (Wildman–Crippen LogP) is 3.46. The summed E-state index contributed by atoms with van der Waals surface area (Å²) in [6.45, 7) is 10.0. The van der Waals surface area contributed by atoms with Crippen LogP contribution >= 0.6 is 0 Å². The Labute approximate surface area is 161 Å². The molecule has 1 aliphatic heterocycles. The Balaban J connectivity index is 1.57. The van der Waals surface area contributed by atoms with Crippen LogP contribution in [0.15, 0.2) is 42.5 Å². The number of hydrogen-bond donors (Lipinski definition) is 1. The molecule has 5 heteroatoms. The van der Waals surface area contributed by atoms with Crippen LogP contribution in [0.25, 0.3) is 0 Å². The van der Waals surface area contributed by atoms with Crippen LogP contribution < -0.4 is 15.0 Å². The number of piperazine rings is 1. The van der Waals surface area contributed by atoms with E-state index >= 15 is 0 Å². The van der Waals surface area contributed by atoms with Crippen molar-refractivity contribution < 1.29 is 9.53 Å². The van der Waals surface area contributed by atoms with E-state index in [1.54, 1.807) is 6.92 Å². The highest BCUT2D eigenvalue weighted by Gasteiger charge is 2.17. The van der Waals surface area contributed by atoms with Gasteiger partial charge in [0.1, 0.15) is 5.75 Å². The predicted molar refractivity (Wildman–Crippen MR) is 111 cm³/mol. The number of nitrogens with one attached hydrogen (secondary N) is 1. The van der Waals surface area contributed by atoms with E-state index in [2.05, 4.69) is 40.4 Å². The molecule has 1 saturated heterocycles. The zero-order chi connectivity index (χ0) is 19.4. The van der Waals surface area contributed by atoms with Gasteiger partial charge in [-0.05, 0) is 75.3 Å². The molecule has 0 aromatic heterocycles. The van der Waals surface area contributed by atoms with Crippen LogP contribution in [-0.2, 0) is 4.79 Å². The standard InChI is InChI=1S/C22H29N3O2/c1-16-13-17(2)15-21(14-16)27-18(3)22(26)23-19-5-7-20(8-6-19)25-11-9-24(4)10-12-25/h5-8,13-15,18H,9-12H2,1-4H3,(H,23,26)/t18-/m0/s1. The first-order chi connectivity index (χ1) is 12.9. The largest absolute Gasteiger partial charge is 0.481 e. The molecule has 1 atom stereocenters. The molecule has 1 amide bonds. The lowest BCUT2D eigenvalue weighted by molar-refractivity contribution is -0.122. The second kappa shape index (κ2) is 8.44. The minimum absolute atomic E-state index is 0.151. The normalized spacial score (nSPS) is 16.1. The highest BCUT2D eigenvalue weighted by atomic mass is 16.5. The van der Waals surface area contributed by atoms with E-state index in [1.807, 2.05) is 38.1 Å². The fraction of sp³-hybridized carbons (Fsp3) is 0.409. The maximum absolute atomic E-state index is 12.5. The molecule has 0 radical (unpaired) electrons. The molecule has 0 unspecified atom stereocenters. The zero-order valence-corrected chi connectivity index (χ0v) is 16.7. The van der Waals surface area contributed by atoms with Crippen molar-refractivity contribution in [3.05, 3.63) is 53.6 Å². The van der Waals surface area contributed by atoms with E-state index in [0.717, 1.165) is 48.7 Å². The molecule has 1 aliphatic rings. The lowest BCUT2D eigenvalue weighted by Crippen LogP contribution is -2.44. The molecule has 3 rings (SSSR count). The van der Waals surface area contributed by atoms with Gasteiger partial charge in [0.15, 0.2) is 6.10 Å². The third-order valence-corrected chi connectivity index (χ3v) is 4.88. The number of anilines is 2. The number of likely N-dealkylation sites (N-methyl/N-ethyl adjacent to an activating group) is 1. The minimum atomic E-state index is -0.566. The fourth-order valence-corrected chi connectivity index (χ4v) is 3.32. The summed E-state index contributed by atoms with van der Waals surface area (Å²) in [4.78, 5) is 17.2. The molecule has 0 saturated carbocycles. The smallest absolute Gasteiger partial charge is 0.265 e. The van der Waals surface area contributed by atoms with Crippen LogP contribution in [0.3, 0.4) is 0 Å². The number of carbonyl (C=O) groups excluding carboxylic acids is 1. The molecule has 1 N–H and O–H groups in total. The number of aryl methyl sites for hydroxylation is 2. The van der Waals surface area contributed by atoms with Crippen molar-refractivity contribution in [3.8, 4) is 5.75 Å². The van der Waals surface area contributed by atoms with Gasteiger partial charge in [-0.1, -0.05) is 6.07 Å². The van der Waals surface area contributed by atoms with Gasteiger partial charge in [0, 0.05) is 37.6 Å². The Morgan fingerprint density at radius 3 is 2.19 bits per heavy atom. The van der Waals surface area contributed by atoms with Gasteiger partial charge in [0.25, 0.3) is 5.91 Å². The van der Waals surface area contributed by atoms with Crippen LogP contribution in [0.1, 0.15) is 18.1 Å². The highest BCUT2D eigenvalue weighted by Crippen LogP contribution is 2.21. The van der Waals surface area contributed by atoms with Crippen molar-refractivity contribution in [1.29, 1.82) is 0 Å². The van der Waals surface area contributed by atoms with Gasteiger partial charge in [-0.15, -0.1) is 0 Å². The molecule has 1 heterocycles. The van der Waals surface area contributed by atoms with E-state index in [9.17, 15) is 4.79 Å². The lowest BCUT2D eigenvalue weighted by Gasteiger charge is -2.34. The summed E-state index contributed by atoms with van der Waals surface area (Å²) in [5.74, 6) is 0.571. The topological polar surface area (TPSA) is 44.8 Å². The second-order valence-corrected chi connectivity index (χ2v) is 7.41. The Kier molecular flexibility index (Phi) is 6.01. The second-order valence-electron chi connectivity index (χ2n) is 7.41. The number of nitrogens with zero attached hydrogens (tertiary/aromatic N) is 2. The van der Waals surface area contributed by atoms with E-state index in [0.29, 0.717) is 0 Å². The summed E-state index contributed by atoms with van der Waals surface area (Å²) in [5.41, 5.74) is 4.23. The van der Waals surface area contributed by atoms with Gasteiger partial charge in [-0.3, -0.25) is 4.79 Å². The third kappa shape index (κ3) is 5.23. The summed E-state index contributed by atoms with van der Waals surface area (Å²) >= 11 is 0. The number of amides is 1. The fourth-order valence-electron chi connectivity index (χ4n) is 3.32. The van der Waals surface area contributed by atoms with E-state index < -0.39 is 6.10 Å². The summed E-state index contributed by atoms with van der Waals surface area (Å²) in [6, 6.07) is 14.0. The zero-order valence-electron chi connectivity index (χ0n) is 16.7. The summed E-state index contributed by atoms with van der Waals surface area (Å²) in [7, 11) is 2.15. The molecule has 27 heavy (non-hydrogen) atoms. The van der Waals surface area contributed by atoms with Crippen molar-refractivity contribution in [2.24, 2.45) is 0 Å². The molecule has 2 aromatic carbocycles. The molecule has 0 bridgehead atoms. The number of carbonyl (C=O) groups is 1. The molecule has 0 aliphatic carbocycles. The molecule has 2 aromatic rings. The quantitative estimate of drug-likeness (QED) is 0.879. The Bertz CT molecular complexity index is 760. The summed E-state index contributed by atoms with van der Waals surface area (Å²) in [5, 5.41) is 2.94. The average Bonchev–Trinajstić information content (AvgIpc) is 2.62. The molecule has 5 nitrogen and oxygen atoms in total. The number of hydrogen-bond acceptors (Lipinski definition) is 4. The third-order valence-electron chi connectivity index (χ3n) is 4.88. The Morgan fingerprint density at radius 2 is 1.59 bits per heavy atom. The van der Waals surface area contributed by atoms with Crippen LogP contribution in [0.5, 0.6) is 5.75 Å². The number of rotatable bonds is 5. The van der Waals surface area contributed by atoms with Gasteiger partial charge in [-0.25, -0.2) is 0 Å². The lowest BCUT2D eigenvalue weighted by atomic mass is 10.1. The van der Waals surface area contributed by atoms with Gasteiger partial charge < -0.3 is 19.9 Å². The first-order valence-electron chi connectivity index (χ1n) is 9.50. The van der Waals surface area contributed by atoms with Crippen LogP contribution in [0.2, 0.25) is 0 Å².